The van der Waals surface area contributed by atoms with Crippen molar-refractivity contribution in [1.82, 2.24) is 14.8 Å². The maximum atomic E-state index is 11.1. The summed E-state index contributed by atoms with van der Waals surface area (Å²) in [7, 11) is 1.78. The fraction of sp³-hybridized carbons (Fsp3) is 0.250. The fourth-order valence-electron chi connectivity index (χ4n) is 1.94. The molecule has 2 aromatic rings. The molecule has 0 radical (unpaired) electrons. The summed E-state index contributed by atoms with van der Waals surface area (Å²) in [5.74, 6) is -0.0886. The number of nitrogens with two attached hydrogens (primary N) is 1. The Morgan fingerprint density at radius 3 is 2.76 bits per heavy atom. The lowest BCUT2D eigenvalue weighted by Gasteiger charge is -2.14. The number of rotatable bonds is 5. The van der Waals surface area contributed by atoms with Crippen molar-refractivity contribution in [3.8, 4) is 0 Å². The molecule has 1 aromatic carbocycles. The Morgan fingerprint density at radius 2 is 2.24 bits per heavy atom. The molecule has 0 aliphatic carbocycles. The number of anilines is 1. The van der Waals surface area contributed by atoms with Gasteiger partial charge in [-0.15, -0.1) is 10.2 Å². The van der Waals surface area contributed by atoms with Crippen LogP contribution < -0.4 is 11.1 Å². The minimum absolute atomic E-state index is 0.0820. The van der Waals surface area contributed by atoms with Crippen LogP contribution in [0.3, 0.4) is 0 Å². The third kappa shape index (κ3) is 2.96. The zero-order valence-electron chi connectivity index (χ0n) is 11.5. The van der Waals surface area contributed by atoms with E-state index in [1.807, 2.05) is 0 Å². The van der Waals surface area contributed by atoms with E-state index in [1.165, 1.54) is 18.5 Å². The van der Waals surface area contributed by atoms with Crippen molar-refractivity contribution >= 4 is 17.3 Å². The molecule has 1 atom stereocenters. The van der Waals surface area contributed by atoms with Crippen LogP contribution >= 0.6 is 0 Å². The number of hydrogen-bond acceptors (Lipinski definition) is 6. The summed E-state index contributed by atoms with van der Waals surface area (Å²) >= 11 is 0. The number of hydrogen-bond donors (Lipinski definition) is 2. The van der Waals surface area contributed by atoms with E-state index < -0.39 is 10.8 Å². The summed E-state index contributed by atoms with van der Waals surface area (Å²) in [6.45, 7) is 1.80. The molecule has 0 saturated carbocycles. The summed E-state index contributed by atoms with van der Waals surface area (Å²) in [5, 5.41) is 21.8. The topological polar surface area (TPSA) is 129 Å². The van der Waals surface area contributed by atoms with Crippen molar-refractivity contribution in [3.63, 3.8) is 0 Å². The van der Waals surface area contributed by atoms with Gasteiger partial charge in [0.1, 0.15) is 12.0 Å². The van der Waals surface area contributed by atoms with E-state index in [1.54, 1.807) is 18.5 Å². The monoisotopic (exact) mass is 290 g/mol. The Bertz CT molecular complexity index is 696. The number of benzene rings is 1. The molecule has 3 N–H and O–H groups in total. The Kier molecular flexibility index (Phi) is 3.83. The average molecular weight is 290 g/mol. The minimum Gasteiger partial charge on any atom is -0.370 e. The van der Waals surface area contributed by atoms with Crippen LogP contribution in [0.1, 0.15) is 29.1 Å². The number of carbonyl (C=O) groups excluding carboxylic acids is 1. The number of primary amides is 1. The van der Waals surface area contributed by atoms with Crippen LogP contribution in [0.4, 0.5) is 11.4 Å². The number of carbonyl (C=O) groups is 1. The Morgan fingerprint density at radius 1 is 1.52 bits per heavy atom. The number of aromatic nitrogens is 3. The summed E-state index contributed by atoms with van der Waals surface area (Å²) in [6.07, 6.45) is 1.54. The Hall–Kier alpha value is -2.97. The summed E-state index contributed by atoms with van der Waals surface area (Å²) in [4.78, 5) is 21.6. The number of nitrogens with one attached hydrogen (secondary N) is 1. The largest absolute Gasteiger partial charge is 0.370 e. The predicted molar refractivity (Wildman–Crippen MR) is 74.7 cm³/mol. The molecular formula is C12H14N6O3. The van der Waals surface area contributed by atoms with Gasteiger partial charge in [0, 0.05) is 18.7 Å². The molecule has 0 spiro atoms. The molecule has 1 aromatic heterocycles. The molecule has 1 amide bonds. The number of nitro groups is 1. The molecule has 110 valence electrons. The maximum absolute atomic E-state index is 11.1. The molecule has 0 saturated heterocycles. The van der Waals surface area contributed by atoms with Gasteiger partial charge in [0.2, 0.25) is 5.91 Å². The van der Waals surface area contributed by atoms with Crippen molar-refractivity contribution in [2.24, 2.45) is 12.8 Å². The van der Waals surface area contributed by atoms with Gasteiger partial charge in [-0.2, -0.15) is 0 Å². The smallest absolute Gasteiger partial charge is 0.293 e. The molecule has 1 unspecified atom stereocenters. The third-order valence-corrected chi connectivity index (χ3v) is 2.98. The van der Waals surface area contributed by atoms with Crippen molar-refractivity contribution < 1.29 is 9.72 Å². The third-order valence-electron chi connectivity index (χ3n) is 2.98. The van der Waals surface area contributed by atoms with Crippen LogP contribution in [-0.4, -0.2) is 25.6 Å². The van der Waals surface area contributed by atoms with Gasteiger partial charge >= 0.3 is 0 Å². The van der Waals surface area contributed by atoms with Crippen LogP contribution in [0.25, 0.3) is 0 Å². The van der Waals surface area contributed by atoms with E-state index in [9.17, 15) is 14.9 Å². The summed E-state index contributed by atoms with van der Waals surface area (Å²) < 4.78 is 1.71. The van der Waals surface area contributed by atoms with Crippen LogP contribution in [0.2, 0.25) is 0 Å². The first-order valence-corrected chi connectivity index (χ1v) is 6.09. The highest BCUT2D eigenvalue weighted by Gasteiger charge is 2.20. The molecule has 9 nitrogen and oxygen atoms in total. The second-order valence-electron chi connectivity index (χ2n) is 4.52. The molecular weight excluding hydrogens is 276 g/mol. The van der Waals surface area contributed by atoms with Crippen molar-refractivity contribution in [2.75, 3.05) is 5.32 Å². The quantitative estimate of drug-likeness (QED) is 0.624. The molecule has 2 rings (SSSR count). The van der Waals surface area contributed by atoms with Gasteiger partial charge in [-0.1, -0.05) is 0 Å². The number of nitrogens with zero attached hydrogens (tertiary/aromatic N) is 4. The highest BCUT2D eigenvalue weighted by molar-refractivity contribution is 5.94. The van der Waals surface area contributed by atoms with E-state index in [0.29, 0.717) is 5.82 Å². The maximum Gasteiger partial charge on any atom is 0.293 e. The lowest BCUT2D eigenvalue weighted by Crippen LogP contribution is -2.14. The predicted octanol–water partition coefficient (Wildman–Crippen LogP) is 0.995. The fourth-order valence-corrected chi connectivity index (χ4v) is 1.94. The van der Waals surface area contributed by atoms with E-state index in [4.69, 9.17) is 5.73 Å². The highest BCUT2D eigenvalue weighted by Crippen LogP contribution is 2.28. The van der Waals surface area contributed by atoms with Gasteiger partial charge in [0.15, 0.2) is 5.82 Å². The summed E-state index contributed by atoms with van der Waals surface area (Å²) in [6, 6.07) is 3.73. The van der Waals surface area contributed by atoms with E-state index >= 15 is 0 Å². The lowest BCUT2D eigenvalue weighted by atomic mass is 10.1. The minimum atomic E-state index is -0.717. The molecule has 0 fully saturated rings. The first-order chi connectivity index (χ1) is 9.90. The van der Waals surface area contributed by atoms with Crippen LogP contribution in [-0.2, 0) is 7.05 Å². The lowest BCUT2D eigenvalue weighted by molar-refractivity contribution is -0.384. The van der Waals surface area contributed by atoms with Crippen molar-refractivity contribution in [3.05, 3.63) is 46.0 Å². The Balaban J connectivity index is 2.33. The molecule has 1 heterocycles. The molecule has 0 bridgehead atoms. The zero-order valence-corrected chi connectivity index (χ0v) is 11.5. The van der Waals surface area contributed by atoms with Gasteiger partial charge in [-0.25, -0.2) is 0 Å². The molecule has 9 heteroatoms. The van der Waals surface area contributed by atoms with Crippen LogP contribution in [0.5, 0.6) is 0 Å². The van der Waals surface area contributed by atoms with Gasteiger partial charge in [0.05, 0.1) is 11.0 Å². The normalized spacial score (nSPS) is 11.9. The van der Waals surface area contributed by atoms with Crippen molar-refractivity contribution in [2.45, 2.75) is 13.0 Å². The van der Waals surface area contributed by atoms with E-state index in [-0.39, 0.29) is 23.0 Å². The van der Waals surface area contributed by atoms with Gasteiger partial charge in [-0.3, -0.25) is 14.9 Å². The number of aryl methyl sites for hydroxylation is 1. The van der Waals surface area contributed by atoms with Gasteiger partial charge in [-0.05, 0) is 19.1 Å². The number of amides is 1. The van der Waals surface area contributed by atoms with Crippen LogP contribution in [0.15, 0.2) is 24.5 Å². The van der Waals surface area contributed by atoms with Gasteiger partial charge in [0.25, 0.3) is 5.69 Å². The van der Waals surface area contributed by atoms with Crippen LogP contribution in [0, 0.1) is 10.1 Å². The Labute approximate surface area is 119 Å². The average Bonchev–Trinajstić information content (AvgIpc) is 2.85. The second-order valence-corrected chi connectivity index (χ2v) is 4.52. The summed E-state index contributed by atoms with van der Waals surface area (Å²) in [5.41, 5.74) is 5.27. The zero-order chi connectivity index (χ0) is 15.6. The molecule has 0 aliphatic heterocycles. The standard InChI is InChI=1S/C12H14N6O3/c1-7(12-16-14-6-17(12)2)15-9-4-3-8(11(13)19)5-10(9)18(20)21/h3-7,15H,1-2H3,(H2,13,19). The molecule has 0 aliphatic rings. The van der Waals surface area contributed by atoms with Crippen molar-refractivity contribution in [1.29, 1.82) is 0 Å². The molecule has 21 heavy (non-hydrogen) atoms. The van der Waals surface area contributed by atoms with E-state index in [0.717, 1.165) is 6.07 Å². The first kappa shape index (κ1) is 14.4. The highest BCUT2D eigenvalue weighted by atomic mass is 16.6. The van der Waals surface area contributed by atoms with Gasteiger partial charge < -0.3 is 15.6 Å². The second kappa shape index (κ2) is 5.57. The first-order valence-electron chi connectivity index (χ1n) is 6.09. The number of nitro benzene ring substituents is 1. The SMILES string of the molecule is CC(Nc1ccc(C(N)=O)cc1[N+](=O)[O-])c1nncn1C. The van der Waals surface area contributed by atoms with E-state index in [2.05, 4.69) is 15.5 Å².